The van der Waals surface area contributed by atoms with Gasteiger partial charge in [0.15, 0.2) is 23.1 Å². The quantitative estimate of drug-likeness (QED) is 0.680. The average molecular weight is 375 g/mol. The molecule has 1 amide bonds. The second-order valence-corrected chi connectivity index (χ2v) is 5.64. The minimum absolute atomic E-state index is 0.310. The van der Waals surface area contributed by atoms with E-state index in [9.17, 15) is 4.79 Å². The lowest BCUT2D eigenvalue weighted by Crippen LogP contribution is -2.13. The number of hydrogen-bond donors (Lipinski definition) is 2. The lowest BCUT2D eigenvalue weighted by molar-refractivity contribution is 0.102. The van der Waals surface area contributed by atoms with E-state index in [1.807, 2.05) is 0 Å². The number of rotatable bonds is 6. The predicted molar refractivity (Wildman–Crippen MR) is 104 cm³/mol. The summed E-state index contributed by atoms with van der Waals surface area (Å²) in [6.07, 6.45) is 0. The molecular formula is C20H17N5O3. The van der Waals surface area contributed by atoms with Crippen LogP contribution in [0.25, 0.3) is 0 Å². The molecule has 0 bridgehead atoms. The largest absolute Gasteiger partial charge is 0.493 e. The molecule has 8 nitrogen and oxygen atoms in total. The Morgan fingerprint density at radius 1 is 0.929 bits per heavy atom. The Bertz CT molecular complexity index is 1010. The molecule has 2 aromatic carbocycles. The van der Waals surface area contributed by atoms with Gasteiger partial charge in [-0.05, 0) is 54.6 Å². The zero-order valence-electron chi connectivity index (χ0n) is 15.3. The number of ether oxygens (including phenoxy) is 2. The molecule has 0 radical (unpaired) electrons. The number of anilines is 3. The number of aromatic nitrogens is 2. The maximum Gasteiger partial charge on any atom is 0.257 e. The molecule has 0 aliphatic carbocycles. The Hall–Kier alpha value is -4.12. The lowest BCUT2D eigenvalue weighted by Gasteiger charge is -2.10. The number of carbonyl (C=O) groups excluding carboxylic acids is 1. The van der Waals surface area contributed by atoms with Crippen LogP contribution >= 0.6 is 0 Å². The topological polar surface area (TPSA) is 109 Å². The van der Waals surface area contributed by atoms with Gasteiger partial charge in [0.2, 0.25) is 0 Å². The summed E-state index contributed by atoms with van der Waals surface area (Å²) < 4.78 is 10.4. The van der Waals surface area contributed by atoms with E-state index in [2.05, 4.69) is 26.9 Å². The van der Waals surface area contributed by atoms with Gasteiger partial charge in [-0.2, -0.15) is 5.26 Å². The molecule has 0 unspecified atom stereocenters. The van der Waals surface area contributed by atoms with Crippen LogP contribution in [0.4, 0.5) is 17.3 Å². The van der Waals surface area contributed by atoms with Crippen molar-refractivity contribution >= 4 is 23.2 Å². The van der Waals surface area contributed by atoms with Gasteiger partial charge in [0, 0.05) is 11.3 Å². The number of nitrogens with zero attached hydrogens (tertiary/aromatic N) is 3. The second-order valence-electron chi connectivity index (χ2n) is 5.64. The molecule has 0 saturated carbocycles. The van der Waals surface area contributed by atoms with Crippen LogP contribution in [0.15, 0.2) is 54.6 Å². The fourth-order valence-corrected chi connectivity index (χ4v) is 2.41. The average Bonchev–Trinajstić information content (AvgIpc) is 2.75. The van der Waals surface area contributed by atoms with Crippen molar-refractivity contribution in [3.05, 3.63) is 65.7 Å². The molecule has 1 heterocycles. The molecule has 0 atom stereocenters. The van der Waals surface area contributed by atoms with E-state index in [1.54, 1.807) is 54.6 Å². The SMILES string of the molecule is COc1ccc(C(=O)Nc2ccc(Nc3ccc(C#N)cc3)nn2)cc1OC. The zero-order valence-corrected chi connectivity index (χ0v) is 15.3. The number of carbonyl (C=O) groups is 1. The lowest BCUT2D eigenvalue weighted by atomic mass is 10.2. The highest BCUT2D eigenvalue weighted by molar-refractivity contribution is 6.04. The van der Waals surface area contributed by atoms with Crippen LogP contribution in [0.2, 0.25) is 0 Å². The zero-order chi connectivity index (χ0) is 19.9. The monoisotopic (exact) mass is 375 g/mol. The van der Waals surface area contributed by atoms with E-state index in [4.69, 9.17) is 14.7 Å². The highest BCUT2D eigenvalue weighted by Crippen LogP contribution is 2.27. The van der Waals surface area contributed by atoms with Crippen LogP contribution in [-0.2, 0) is 0 Å². The normalized spacial score (nSPS) is 9.89. The summed E-state index contributed by atoms with van der Waals surface area (Å²) in [5.74, 6) is 1.47. The summed E-state index contributed by atoms with van der Waals surface area (Å²) in [4.78, 5) is 12.4. The van der Waals surface area contributed by atoms with Crippen molar-refractivity contribution in [3.63, 3.8) is 0 Å². The summed E-state index contributed by atoms with van der Waals surface area (Å²) >= 11 is 0. The van der Waals surface area contributed by atoms with Crippen LogP contribution < -0.4 is 20.1 Å². The van der Waals surface area contributed by atoms with Crippen LogP contribution in [0.5, 0.6) is 11.5 Å². The molecule has 3 aromatic rings. The maximum atomic E-state index is 12.4. The fraction of sp³-hybridized carbons (Fsp3) is 0.100. The highest BCUT2D eigenvalue weighted by atomic mass is 16.5. The summed E-state index contributed by atoms with van der Waals surface area (Å²) in [7, 11) is 3.03. The standard InChI is InChI=1S/C20H17N5O3/c1-27-16-8-5-14(11-17(16)28-2)20(26)23-19-10-9-18(24-25-19)22-15-6-3-13(12-21)4-7-15/h3-11H,1-2H3,(H,22,24)(H,23,25,26). The number of nitrogens with one attached hydrogen (secondary N) is 2. The molecule has 2 N–H and O–H groups in total. The third kappa shape index (κ3) is 4.34. The second kappa shape index (κ2) is 8.51. The number of amides is 1. The summed E-state index contributed by atoms with van der Waals surface area (Å²) in [5.41, 5.74) is 1.75. The molecule has 140 valence electrons. The Balaban J connectivity index is 1.66. The van der Waals surface area contributed by atoms with E-state index < -0.39 is 0 Å². The molecular weight excluding hydrogens is 358 g/mol. The molecule has 3 rings (SSSR count). The molecule has 0 fully saturated rings. The molecule has 8 heteroatoms. The van der Waals surface area contributed by atoms with Crippen molar-refractivity contribution in [2.75, 3.05) is 24.9 Å². The van der Waals surface area contributed by atoms with E-state index in [0.29, 0.717) is 34.3 Å². The Labute approximate surface area is 161 Å². The van der Waals surface area contributed by atoms with Gasteiger partial charge in [0.1, 0.15) is 0 Å². The Morgan fingerprint density at radius 2 is 1.61 bits per heavy atom. The van der Waals surface area contributed by atoms with Gasteiger partial charge in [-0.1, -0.05) is 0 Å². The van der Waals surface area contributed by atoms with Crippen LogP contribution in [0.1, 0.15) is 15.9 Å². The molecule has 0 spiro atoms. The third-order valence-corrected chi connectivity index (χ3v) is 3.84. The van der Waals surface area contributed by atoms with Crippen LogP contribution in [-0.4, -0.2) is 30.3 Å². The third-order valence-electron chi connectivity index (χ3n) is 3.84. The Morgan fingerprint density at radius 3 is 2.21 bits per heavy atom. The summed E-state index contributed by atoms with van der Waals surface area (Å²) in [5, 5.41) is 22.6. The Kier molecular flexibility index (Phi) is 5.67. The number of nitriles is 1. The molecule has 0 aliphatic rings. The molecule has 1 aromatic heterocycles. The first kappa shape index (κ1) is 18.7. The van der Waals surface area contributed by atoms with E-state index >= 15 is 0 Å². The van der Waals surface area contributed by atoms with Gasteiger partial charge in [-0.3, -0.25) is 4.79 Å². The van der Waals surface area contributed by atoms with Gasteiger partial charge in [0.05, 0.1) is 25.9 Å². The van der Waals surface area contributed by atoms with Crippen molar-refractivity contribution in [1.82, 2.24) is 10.2 Å². The molecule has 28 heavy (non-hydrogen) atoms. The van der Waals surface area contributed by atoms with Crippen molar-refractivity contribution in [2.24, 2.45) is 0 Å². The van der Waals surface area contributed by atoms with Crippen molar-refractivity contribution in [1.29, 1.82) is 5.26 Å². The first-order chi connectivity index (χ1) is 13.6. The van der Waals surface area contributed by atoms with Crippen LogP contribution in [0.3, 0.4) is 0 Å². The highest BCUT2D eigenvalue weighted by Gasteiger charge is 2.12. The van der Waals surface area contributed by atoms with Crippen molar-refractivity contribution < 1.29 is 14.3 Å². The van der Waals surface area contributed by atoms with E-state index in [0.717, 1.165) is 5.69 Å². The maximum absolute atomic E-state index is 12.4. The first-order valence-corrected chi connectivity index (χ1v) is 8.27. The minimum Gasteiger partial charge on any atom is -0.493 e. The van der Waals surface area contributed by atoms with Gasteiger partial charge in [-0.15, -0.1) is 10.2 Å². The number of hydrogen-bond acceptors (Lipinski definition) is 7. The molecule has 0 saturated heterocycles. The van der Waals surface area contributed by atoms with Crippen molar-refractivity contribution in [2.45, 2.75) is 0 Å². The predicted octanol–water partition coefficient (Wildman–Crippen LogP) is 3.36. The summed E-state index contributed by atoms with van der Waals surface area (Å²) in [6, 6.07) is 17.2. The number of methoxy groups -OCH3 is 2. The van der Waals surface area contributed by atoms with Gasteiger partial charge in [0.25, 0.3) is 5.91 Å². The van der Waals surface area contributed by atoms with Gasteiger partial charge >= 0.3 is 0 Å². The van der Waals surface area contributed by atoms with Gasteiger partial charge in [-0.25, -0.2) is 0 Å². The number of benzene rings is 2. The molecule has 0 aliphatic heterocycles. The van der Waals surface area contributed by atoms with Crippen molar-refractivity contribution in [3.8, 4) is 17.6 Å². The smallest absolute Gasteiger partial charge is 0.257 e. The van der Waals surface area contributed by atoms with Crippen LogP contribution in [0, 0.1) is 11.3 Å². The minimum atomic E-state index is -0.344. The first-order valence-electron chi connectivity index (χ1n) is 8.27. The fourth-order valence-electron chi connectivity index (χ4n) is 2.41. The van der Waals surface area contributed by atoms with E-state index in [-0.39, 0.29) is 5.91 Å². The van der Waals surface area contributed by atoms with Gasteiger partial charge < -0.3 is 20.1 Å². The summed E-state index contributed by atoms with van der Waals surface area (Å²) in [6.45, 7) is 0. The van der Waals surface area contributed by atoms with E-state index in [1.165, 1.54) is 14.2 Å².